The number of carbonyl (C=O) groups is 1. The third kappa shape index (κ3) is 4.46. The summed E-state index contributed by atoms with van der Waals surface area (Å²) in [5.41, 5.74) is 3.61. The smallest absolute Gasteiger partial charge is 0.335 e. The van der Waals surface area contributed by atoms with Gasteiger partial charge in [-0.05, 0) is 104 Å². The molecular formula is C31H35ClO5. The Morgan fingerprint density at radius 1 is 0.946 bits per heavy atom. The van der Waals surface area contributed by atoms with E-state index in [1.54, 1.807) is 26.4 Å². The van der Waals surface area contributed by atoms with Crippen LogP contribution in [-0.2, 0) is 10.2 Å². The number of hydrogen-bond donors (Lipinski definition) is 1. The van der Waals surface area contributed by atoms with Crippen molar-refractivity contribution in [1.29, 1.82) is 0 Å². The van der Waals surface area contributed by atoms with Gasteiger partial charge in [0.15, 0.2) is 6.29 Å². The van der Waals surface area contributed by atoms with Gasteiger partial charge in [-0.2, -0.15) is 0 Å². The quantitative estimate of drug-likeness (QED) is 0.326. The van der Waals surface area contributed by atoms with Crippen LogP contribution in [0.4, 0.5) is 0 Å². The third-order valence-corrected chi connectivity index (χ3v) is 8.95. The lowest BCUT2D eigenvalue weighted by Gasteiger charge is -2.57. The van der Waals surface area contributed by atoms with Crippen LogP contribution in [-0.4, -0.2) is 31.6 Å². The summed E-state index contributed by atoms with van der Waals surface area (Å²) in [6.45, 7) is 1.94. The zero-order valence-corrected chi connectivity index (χ0v) is 22.5. The van der Waals surface area contributed by atoms with Gasteiger partial charge in [0.25, 0.3) is 0 Å². The molecule has 3 aromatic carbocycles. The Kier molecular flexibility index (Phi) is 6.88. The fourth-order valence-corrected chi connectivity index (χ4v) is 7.74. The number of halogens is 1. The van der Waals surface area contributed by atoms with E-state index in [0.717, 1.165) is 51.2 Å². The van der Waals surface area contributed by atoms with Crippen LogP contribution in [0.25, 0.3) is 21.9 Å². The fourth-order valence-electron chi connectivity index (χ4n) is 7.74. The molecule has 0 radical (unpaired) electrons. The minimum absolute atomic E-state index is 0. The zero-order valence-electron chi connectivity index (χ0n) is 21.7. The van der Waals surface area contributed by atoms with Crippen molar-refractivity contribution >= 4 is 29.1 Å². The second kappa shape index (κ2) is 9.85. The summed E-state index contributed by atoms with van der Waals surface area (Å²) in [4.78, 5) is 11.3. The van der Waals surface area contributed by atoms with Crippen LogP contribution in [0.2, 0.25) is 0 Å². The Balaban J connectivity index is 0.00000280. The first-order valence-corrected chi connectivity index (χ1v) is 13.1. The van der Waals surface area contributed by atoms with Crippen molar-refractivity contribution in [3.8, 4) is 22.6 Å². The van der Waals surface area contributed by atoms with Gasteiger partial charge in [0.2, 0.25) is 0 Å². The molecule has 0 amide bonds. The summed E-state index contributed by atoms with van der Waals surface area (Å²) < 4.78 is 17.9. The number of fused-ring (bicyclic) bond motifs is 1. The molecule has 3 aromatic rings. The molecule has 6 heteroatoms. The summed E-state index contributed by atoms with van der Waals surface area (Å²) in [6.07, 6.45) is 7.54. The summed E-state index contributed by atoms with van der Waals surface area (Å²) in [5, 5.41) is 11.4. The zero-order chi connectivity index (χ0) is 25.0. The van der Waals surface area contributed by atoms with E-state index in [1.807, 2.05) is 25.1 Å². The van der Waals surface area contributed by atoms with Crippen LogP contribution < -0.4 is 9.47 Å². The number of ether oxygens (including phenoxy) is 3. The van der Waals surface area contributed by atoms with E-state index >= 15 is 0 Å². The van der Waals surface area contributed by atoms with Crippen molar-refractivity contribution in [3.63, 3.8) is 0 Å². The summed E-state index contributed by atoms with van der Waals surface area (Å²) in [7, 11) is 3.40. The molecule has 5 nitrogen and oxygen atoms in total. The number of aromatic carboxylic acids is 1. The van der Waals surface area contributed by atoms with E-state index in [9.17, 15) is 9.90 Å². The Labute approximate surface area is 224 Å². The van der Waals surface area contributed by atoms with E-state index in [0.29, 0.717) is 0 Å². The molecule has 4 bridgehead atoms. The first-order chi connectivity index (χ1) is 17.4. The number of rotatable bonds is 7. The van der Waals surface area contributed by atoms with Gasteiger partial charge in [-0.25, -0.2) is 4.79 Å². The number of hydrogen-bond acceptors (Lipinski definition) is 4. The van der Waals surface area contributed by atoms with Crippen LogP contribution in [0.3, 0.4) is 0 Å². The molecule has 0 heterocycles. The van der Waals surface area contributed by atoms with Gasteiger partial charge in [-0.1, -0.05) is 24.3 Å². The monoisotopic (exact) mass is 522 g/mol. The summed E-state index contributed by atoms with van der Waals surface area (Å²) in [6, 6.07) is 15.6. The molecule has 1 N–H and O–H groups in total. The molecule has 4 aliphatic carbocycles. The van der Waals surface area contributed by atoms with Crippen molar-refractivity contribution in [3.05, 3.63) is 59.7 Å². The molecule has 0 saturated heterocycles. The first-order valence-electron chi connectivity index (χ1n) is 13.1. The van der Waals surface area contributed by atoms with Crippen molar-refractivity contribution in [1.82, 2.24) is 0 Å². The Bertz CT molecular complexity index is 1280. The van der Waals surface area contributed by atoms with Gasteiger partial charge in [-0.3, -0.25) is 0 Å². The fraction of sp³-hybridized carbons (Fsp3) is 0.452. The van der Waals surface area contributed by atoms with Gasteiger partial charge in [0.1, 0.15) is 11.5 Å². The van der Waals surface area contributed by atoms with Gasteiger partial charge >= 0.3 is 5.97 Å². The highest BCUT2D eigenvalue weighted by atomic mass is 35.5. The highest BCUT2D eigenvalue weighted by molar-refractivity contribution is 5.97. The Morgan fingerprint density at radius 3 is 2.11 bits per heavy atom. The minimum Gasteiger partial charge on any atom is -0.495 e. The van der Waals surface area contributed by atoms with Crippen molar-refractivity contribution in [2.45, 2.75) is 57.2 Å². The van der Waals surface area contributed by atoms with Crippen LogP contribution in [0.5, 0.6) is 11.5 Å². The van der Waals surface area contributed by atoms with Crippen LogP contribution in [0.1, 0.15) is 61.4 Å². The molecule has 7 rings (SSSR count). The molecule has 0 aliphatic heterocycles. The molecule has 4 aliphatic rings. The van der Waals surface area contributed by atoms with Crippen LogP contribution in [0, 0.1) is 17.8 Å². The number of methoxy groups -OCH3 is 2. The molecule has 4 fully saturated rings. The standard InChI is InChI=1S/C31H34O5.ClH/c1-18(34-2)36-28-13-24-8-9-25(22-4-6-23(7-5-22)30(32)33)29(35-3)26(24)14-27(28)31-15-19-10-20(16-31)12-21(11-19)17-31;/h4-9,13-14,18-21H,10-12,15-17H2,1-3H3,(H,32,33);1H. The van der Waals surface area contributed by atoms with Crippen LogP contribution in [0.15, 0.2) is 48.5 Å². The van der Waals surface area contributed by atoms with Gasteiger partial charge in [0, 0.05) is 23.6 Å². The molecule has 37 heavy (non-hydrogen) atoms. The molecule has 0 aromatic heterocycles. The maximum Gasteiger partial charge on any atom is 0.335 e. The lowest BCUT2D eigenvalue weighted by atomic mass is 9.48. The molecule has 1 unspecified atom stereocenters. The van der Waals surface area contributed by atoms with Gasteiger partial charge in [0.05, 0.1) is 12.7 Å². The Hall–Kier alpha value is -2.76. The molecular weight excluding hydrogens is 488 g/mol. The van der Waals surface area contributed by atoms with Crippen molar-refractivity contribution in [2.24, 2.45) is 17.8 Å². The summed E-state index contributed by atoms with van der Waals surface area (Å²) in [5.74, 6) is 3.28. The number of benzene rings is 3. The predicted molar refractivity (Wildman–Crippen MR) is 147 cm³/mol. The van der Waals surface area contributed by atoms with E-state index in [-0.39, 0.29) is 29.7 Å². The highest BCUT2D eigenvalue weighted by Crippen LogP contribution is 2.62. The minimum atomic E-state index is -0.926. The molecule has 4 saturated carbocycles. The second-order valence-corrected chi connectivity index (χ2v) is 11.2. The summed E-state index contributed by atoms with van der Waals surface area (Å²) >= 11 is 0. The van der Waals surface area contributed by atoms with Crippen molar-refractivity contribution in [2.75, 3.05) is 14.2 Å². The third-order valence-electron chi connectivity index (χ3n) is 8.95. The topological polar surface area (TPSA) is 65.0 Å². The lowest BCUT2D eigenvalue weighted by Crippen LogP contribution is -2.48. The van der Waals surface area contributed by atoms with E-state index in [4.69, 9.17) is 14.2 Å². The highest BCUT2D eigenvalue weighted by Gasteiger charge is 2.52. The Morgan fingerprint density at radius 2 is 1.57 bits per heavy atom. The second-order valence-electron chi connectivity index (χ2n) is 11.2. The predicted octanol–water partition coefficient (Wildman–Crippen LogP) is 7.47. The van der Waals surface area contributed by atoms with E-state index < -0.39 is 5.97 Å². The number of carboxylic acids is 1. The van der Waals surface area contributed by atoms with Gasteiger partial charge in [-0.15, -0.1) is 12.4 Å². The number of carboxylic acid groups (broad SMARTS) is 1. The lowest BCUT2D eigenvalue weighted by molar-refractivity contribution is -0.0435. The average molecular weight is 523 g/mol. The molecule has 0 spiro atoms. The molecule has 1 atom stereocenters. The largest absolute Gasteiger partial charge is 0.495 e. The average Bonchev–Trinajstić information content (AvgIpc) is 2.86. The SMILES string of the molecule is COc1c(-c2ccc(C(=O)O)cc2)ccc2cc(OC(C)OC)c(C34CC5CC(CC(C5)C3)C4)cc12.Cl. The normalized spacial score (nSPS) is 26.5. The van der Waals surface area contributed by atoms with Crippen molar-refractivity contribution < 1.29 is 24.1 Å². The maximum absolute atomic E-state index is 11.3. The first kappa shape index (κ1) is 25.9. The van der Waals surface area contributed by atoms with E-state index in [1.165, 1.54) is 44.1 Å². The molecule has 196 valence electrons. The van der Waals surface area contributed by atoms with Gasteiger partial charge < -0.3 is 19.3 Å². The van der Waals surface area contributed by atoms with Crippen LogP contribution >= 0.6 is 12.4 Å². The maximum atomic E-state index is 11.3. The van der Waals surface area contributed by atoms with E-state index in [2.05, 4.69) is 18.2 Å².